The molecule has 6 nitrogen and oxygen atoms in total. The fourth-order valence-corrected chi connectivity index (χ4v) is 4.15. The van der Waals surface area contributed by atoms with Gasteiger partial charge >= 0.3 is 5.97 Å². The van der Waals surface area contributed by atoms with E-state index in [9.17, 15) is 10.0 Å². The number of nitrogens with zero attached hydrogens (tertiary/aromatic N) is 1. The Kier molecular flexibility index (Phi) is 6.19. The minimum absolute atomic E-state index is 0.372. The molecule has 1 aromatic heterocycles. The lowest BCUT2D eigenvalue weighted by Crippen LogP contribution is -2.07. The number of hydrogen-bond donors (Lipinski definition) is 2. The van der Waals surface area contributed by atoms with Gasteiger partial charge in [0.2, 0.25) is 0 Å². The van der Waals surface area contributed by atoms with Gasteiger partial charge in [-0.1, -0.05) is 22.9 Å². The van der Waals surface area contributed by atoms with Crippen molar-refractivity contribution < 1.29 is 19.5 Å². The lowest BCUT2D eigenvalue weighted by atomic mass is 10.0. The van der Waals surface area contributed by atoms with Crippen LogP contribution in [0.1, 0.15) is 31.9 Å². The zero-order valence-electron chi connectivity index (χ0n) is 16.6. The van der Waals surface area contributed by atoms with Gasteiger partial charge in [0.1, 0.15) is 16.5 Å². The number of ether oxygens (including phenoxy) is 2. The second-order valence-electron chi connectivity index (χ2n) is 6.42. The Bertz CT molecular complexity index is 1040. The molecule has 0 atom stereocenters. The number of esters is 1. The molecule has 0 bridgehead atoms. The Labute approximate surface area is 173 Å². The third-order valence-electron chi connectivity index (χ3n) is 4.52. The van der Waals surface area contributed by atoms with Crippen LogP contribution in [0.4, 0.5) is 10.7 Å². The molecule has 0 aliphatic carbocycles. The second-order valence-corrected chi connectivity index (χ2v) is 7.44. The van der Waals surface area contributed by atoms with Crippen LogP contribution in [-0.4, -0.2) is 31.1 Å². The topological polar surface area (TPSA) is 80.2 Å². The van der Waals surface area contributed by atoms with Crippen molar-refractivity contribution in [3.8, 4) is 5.75 Å². The van der Waals surface area contributed by atoms with E-state index in [0.29, 0.717) is 38.0 Å². The van der Waals surface area contributed by atoms with Crippen molar-refractivity contribution in [3.05, 3.63) is 75.7 Å². The molecule has 3 rings (SSSR count). The maximum Gasteiger partial charge on any atom is 0.341 e. The van der Waals surface area contributed by atoms with E-state index in [4.69, 9.17) is 9.47 Å². The van der Waals surface area contributed by atoms with Crippen molar-refractivity contribution in [1.82, 2.24) is 0 Å². The third kappa shape index (κ3) is 4.25. The van der Waals surface area contributed by atoms with Crippen LogP contribution in [0.25, 0.3) is 0 Å². The fraction of sp³-hybridized carbons (Fsp3) is 0.182. The van der Waals surface area contributed by atoms with Gasteiger partial charge in [-0.3, -0.25) is 0 Å². The Balaban J connectivity index is 2.07. The number of benzene rings is 2. The molecule has 0 spiro atoms. The molecule has 0 aliphatic rings. The number of carbonyl (C=O) groups excluding carboxylic acids is 1. The minimum atomic E-state index is -0.452. The first-order chi connectivity index (χ1) is 14.0. The zero-order valence-corrected chi connectivity index (χ0v) is 17.5. The van der Waals surface area contributed by atoms with Gasteiger partial charge < -0.3 is 20.0 Å². The van der Waals surface area contributed by atoms with Gasteiger partial charge in [0.15, 0.2) is 0 Å². The fourth-order valence-electron chi connectivity index (χ4n) is 2.93. The van der Waals surface area contributed by atoms with Crippen LogP contribution < -0.4 is 10.1 Å². The van der Waals surface area contributed by atoms with Crippen molar-refractivity contribution >= 4 is 33.7 Å². The summed E-state index contributed by atoms with van der Waals surface area (Å²) in [6.07, 6.45) is 0. The summed E-state index contributed by atoms with van der Waals surface area (Å²) in [5, 5.41) is 17.1. The van der Waals surface area contributed by atoms with Crippen LogP contribution in [0.15, 0.2) is 53.7 Å². The van der Waals surface area contributed by atoms with Crippen LogP contribution in [0, 0.1) is 13.8 Å². The Morgan fingerprint density at radius 3 is 2.24 bits per heavy atom. The number of hydrogen-bond acceptors (Lipinski definition) is 7. The maximum atomic E-state index is 12.5. The highest BCUT2D eigenvalue weighted by Crippen LogP contribution is 2.37. The van der Waals surface area contributed by atoms with Crippen molar-refractivity contribution in [2.45, 2.75) is 13.8 Å². The lowest BCUT2D eigenvalue weighted by Gasteiger charge is -2.07. The molecular formula is C22H22N2O4S. The van der Waals surface area contributed by atoms with E-state index in [1.165, 1.54) is 18.4 Å². The summed E-state index contributed by atoms with van der Waals surface area (Å²) in [4.78, 5) is 13.1. The third-order valence-corrected chi connectivity index (χ3v) is 5.74. The van der Waals surface area contributed by atoms with E-state index >= 15 is 0 Å². The van der Waals surface area contributed by atoms with E-state index in [2.05, 4.69) is 10.5 Å². The Hall–Kier alpha value is -3.32. The molecule has 2 aromatic carbocycles. The molecule has 2 N–H and O–H groups in total. The molecule has 7 heteroatoms. The maximum absolute atomic E-state index is 12.5. The predicted octanol–water partition coefficient (Wildman–Crippen LogP) is 5.13. The minimum Gasteiger partial charge on any atom is -0.497 e. The predicted molar refractivity (Wildman–Crippen MR) is 115 cm³/mol. The smallest absolute Gasteiger partial charge is 0.341 e. The normalized spacial score (nSPS) is 11.2. The first kappa shape index (κ1) is 20.4. The van der Waals surface area contributed by atoms with E-state index in [0.717, 1.165) is 11.3 Å². The first-order valence-electron chi connectivity index (χ1n) is 8.90. The van der Waals surface area contributed by atoms with Gasteiger partial charge in [-0.15, -0.1) is 11.3 Å². The Morgan fingerprint density at radius 2 is 1.69 bits per heavy atom. The number of oxime groups is 1. The second kappa shape index (κ2) is 8.79. The van der Waals surface area contributed by atoms with Crippen molar-refractivity contribution in [2.24, 2.45) is 5.16 Å². The molecule has 0 saturated carbocycles. The summed E-state index contributed by atoms with van der Waals surface area (Å²) in [5.41, 5.74) is 4.16. The zero-order chi connectivity index (χ0) is 21.0. The first-order valence-corrected chi connectivity index (χ1v) is 9.72. The van der Waals surface area contributed by atoms with Gasteiger partial charge in [-0.2, -0.15) is 0 Å². The van der Waals surface area contributed by atoms with Crippen LogP contribution in [0.3, 0.4) is 0 Å². The summed E-state index contributed by atoms with van der Waals surface area (Å²) in [5.74, 6) is 0.248. The van der Waals surface area contributed by atoms with Crippen LogP contribution >= 0.6 is 11.3 Å². The highest BCUT2D eigenvalue weighted by molar-refractivity contribution is 7.19. The van der Waals surface area contributed by atoms with Gasteiger partial charge in [-0.25, -0.2) is 4.79 Å². The van der Waals surface area contributed by atoms with Gasteiger partial charge in [0.25, 0.3) is 0 Å². The summed E-state index contributed by atoms with van der Waals surface area (Å²) >= 11 is 1.33. The highest BCUT2D eigenvalue weighted by Gasteiger charge is 2.25. The SMILES string of the molecule is COC(=O)c1c(Nc2ccc(C)cc2)sc(/C(=N/O)c2ccc(OC)cc2)c1C. The molecule has 1 heterocycles. The van der Waals surface area contributed by atoms with Gasteiger partial charge in [0, 0.05) is 11.3 Å². The summed E-state index contributed by atoms with van der Waals surface area (Å²) in [6.45, 7) is 3.82. The number of nitrogens with one attached hydrogen (secondary N) is 1. The molecule has 3 aromatic rings. The summed E-state index contributed by atoms with van der Waals surface area (Å²) < 4.78 is 10.2. The number of thiophene rings is 1. The lowest BCUT2D eigenvalue weighted by molar-refractivity contribution is 0.0601. The number of anilines is 2. The molecule has 0 aliphatic heterocycles. The van der Waals surface area contributed by atoms with E-state index in [1.54, 1.807) is 31.4 Å². The molecule has 150 valence electrons. The number of aryl methyl sites for hydroxylation is 1. The molecule has 29 heavy (non-hydrogen) atoms. The van der Waals surface area contributed by atoms with Crippen LogP contribution in [-0.2, 0) is 4.74 Å². The van der Waals surface area contributed by atoms with Crippen molar-refractivity contribution in [1.29, 1.82) is 0 Å². The monoisotopic (exact) mass is 410 g/mol. The summed E-state index contributed by atoms with van der Waals surface area (Å²) in [7, 11) is 2.93. The van der Waals surface area contributed by atoms with E-state index in [1.807, 2.05) is 38.1 Å². The van der Waals surface area contributed by atoms with Gasteiger partial charge in [0.05, 0.1) is 24.7 Å². The van der Waals surface area contributed by atoms with Gasteiger partial charge in [-0.05, 0) is 55.8 Å². The molecular weight excluding hydrogens is 388 g/mol. The Morgan fingerprint density at radius 1 is 1.03 bits per heavy atom. The molecule has 0 fully saturated rings. The standard InChI is InChI=1S/C22H22N2O4S/c1-13-5-9-16(10-6-13)23-21-18(22(25)28-4)14(2)20(29-21)19(24-26)15-7-11-17(27-3)12-8-15/h5-12,23,26H,1-4H3/b24-19+. The van der Waals surface area contributed by atoms with E-state index in [-0.39, 0.29) is 0 Å². The van der Waals surface area contributed by atoms with Crippen molar-refractivity contribution in [2.75, 3.05) is 19.5 Å². The molecule has 0 radical (unpaired) electrons. The molecule has 0 amide bonds. The quantitative estimate of drug-likeness (QED) is 0.255. The van der Waals surface area contributed by atoms with Crippen LogP contribution in [0.2, 0.25) is 0 Å². The summed E-state index contributed by atoms with van der Waals surface area (Å²) in [6, 6.07) is 15.0. The number of carbonyl (C=O) groups is 1. The van der Waals surface area contributed by atoms with Crippen molar-refractivity contribution in [3.63, 3.8) is 0 Å². The highest BCUT2D eigenvalue weighted by atomic mass is 32.1. The molecule has 0 saturated heterocycles. The number of methoxy groups -OCH3 is 2. The largest absolute Gasteiger partial charge is 0.497 e. The van der Waals surface area contributed by atoms with Crippen LogP contribution in [0.5, 0.6) is 5.75 Å². The average molecular weight is 410 g/mol. The molecule has 0 unspecified atom stereocenters. The van der Waals surface area contributed by atoms with E-state index < -0.39 is 5.97 Å². The average Bonchev–Trinajstić information content (AvgIpc) is 3.06. The number of rotatable bonds is 6.